The Balaban J connectivity index is 1.20. The van der Waals surface area contributed by atoms with Gasteiger partial charge in [-0.2, -0.15) is 0 Å². The topological polar surface area (TPSA) is 130 Å². The highest BCUT2D eigenvalue weighted by molar-refractivity contribution is 5.87. The standard InChI is InChI=1S/C46H51N3O6/c1-3-13-36(28-44(51)48-39(30-50)26-34-21-23-41(24-22-34)54-31-35-17-9-6-10-18-35)45(52)49-40(27-38-29-47-43-20-12-11-19-42(38)43)32-55-46(53)37(14-4-2)25-33-15-7-5-8-16-33/h3-12,15-24,29,36-37,39-40,47,50H,1-2,13-14,25-28,30-32H2,(H,48,51)(H,49,52)/t36-,37+,39+,40+/m1/s1. The predicted molar refractivity (Wildman–Crippen MR) is 216 cm³/mol. The van der Waals surface area contributed by atoms with E-state index in [-0.39, 0.29) is 43.8 Å². The highest BCUT2D eigenvalue weighted by atomic mass is 16.5. The van der Waals surface area contributed by atoms with Gasteiger partial charge in [-0.15, -0.1) is 13.2 Å². The number of esters is 1. The van der Waals surface area contributed by atoms with Gasteiger partial charge in [0.05, 0.1) is 30.5 Å². The molecular formula is C46H51N3O6. The second kappa shape index (κ2) is 21.1. The summed E-state index contributed by atoms with van der Waals surface area (Å²) in [5.74, 6) is -1.52. The van der Waals surface area contributed by atoms with Crippen LogP contribution in [0.3, 0.4) is 0 Å². The molecule has 0 saturated heterocycles. The molecule has 55 heavy (non-hydrogen) atoms. The SMILES string of the molecule is C=CC[C@H](CC(=O)N[C@H](CO)Cc1ccc(OCc2ccccc2)cc1)C(=O)N[C@H](COC(=O)[C@@H](CC=C)Cc1ccccc1)Cc1c[nH]c2ccccc12. The van der Waals surface area contributed by atoms with E-state index in [9.17, 15) is 19.5 Å². The number of carbonyl (C=O) groups excluding carboxylic acids is 3. The Morgan fingerprint density at radius 1 is 0.709 bits per heavy atom. The highest BCUT2D eigenvalue weighted by Gasteiger charge is 2.27. The Kier molecular flexibility index (Phi) is 15.4. The zero-order valence-corrected chi connectivity index (χ0v) is 31.2. The number of aliphatic hydroxyl groups excluding tert-OH is 1. The third-order valence-electron chi connectivity index (χ3n) is 9.52. The van der Waals surface area contributed by atoms with Gasteiger partial charge in [0.15, 0.2) is 0 Å². The van der Waals surface area contributed by atoms with E-state index in [0.717, 1.165) is 38.9 Å². The van der Waals surface area contributed by atoms with Crippen LogP contribution in [0.5, 0.6) is 5.75 Å². The van der Waals surface area contributed by atoms with Gasteiger partial charge in [-0.3, -0.25) is 14.4 Å². The number of hydrogen-bond donors (Lipinski definition) is 4. The molecule has 0 radical (unpaired) electrons. The summed E-state index contributed by atoms with van der Waals surface area (Å²) in [5.41, 5.74) is 4.92. The van der Waals surface area contributed by atoms with E-state index < -0.39 is 23.9 Å². The van der Waals surface area contributed by atoms with Gasteiger partial charge in [0.1, 0.15) is 19.0 Å². The van der Waals surface area contributed by atoms with Gasteiger partial charge in [-0.05, 0) is 72.6 Å². The zero-order chi connectivity index (χ0) is 38.8. The number of amides is 2. The second-order valence-corrected chi connectivity index (χ2v) is 13.8. The van der Waals surface area contributed by atoms with E-state index >= 15 is 0 Å². The van der Waals surface area contributed by atoms with Crippen molar-refractivity contribution in [1.29, 1.82) is 0 Å². The maximum atomic E-state index is 13.9. The molecule has 0 aliphatic rings. The van der Waals surface area contributed by atoms with Crippen molar-refractivity contribution in [2.45, 2.75) is 57.2 Å². The molecule has 0 spiro atoms. The van der Waals surface area contributed by atoms with Crippen molar-refractivity contribution < 1.29 is 29.0 Å². The molecule has 9 nitrogen and oxygen atoms in total. The van der Waals surface area contributed by atoms with Crippen molar-refractivity contribution in [1.82, 2.24) is 15.6 Å². The van der Waals surface area contributed by atoms with E-state index in [2.05, 4.69) is 28.8 Å². The van der Waals surface area contributed by atoms with Crippen molar-refractivity contribution in [3.8, 4) is 5.75 Å². The van der Waals surface area contributed by atoms with Crippen LogP contribution in [-0.4, -0.2) is 53.2 Å². The first-order chi connectivity index (χ1) is 26.8. The van der Waals surface area contributed by atoms with Gasteiger partial charge in [0.25, 0.3) is 0 Å². The van der Waals surface area contributed by atoms with Crippen molar-refractivity contribution in [2.75, 3.05) is 13.2 Å². The second-order valence-electron chi connectivity index (χ2n) is 13.8. The molecule has 0 aliphatic heterocycles. The molecule has 2 amide bonds. The molecule has 1 aromatic heterocycles. The molecular weight excluding hydrogens is 691 g/mol. The van der Waals surface area contributed by atoms with Crippen molar-refractivity contribution in [3.63, 3.8) is 0 Å². The number of allylic oxidation sites excluding steroid dienone is 2. The molecule has 4 N–H and O–H groups in total. The van der Waals surface area contributed by atoms with Crippen LogP contribution in [0, 0.1) is 11.8 Å². The number of fused-ring (bicyclic) bond motifs is 1. The lowest BCUT2D eigenvalue weighted by Crippen LogP contribution is -2.45. The third kappa shape index (κ3) is 12.6. The number of H-pyrrole nitrogens is 1. The van der Waals surface area contributed by atoms with E-state index in [4.69, 9.17) is 9.47 Å². The Hall–Kier alpha value is -5.93. The van der Waals surface area contributed by atoms with E-state index in [1.54, 1.807) is 12.2 Å². The fourth-order valence-corrected chi connectivity index (χ4v) is 6.60. The van der Waals surface area contributed by atoms with E-state index in [0.29, 0.717) is 32.3 Å². The number of rotatable bonds is 22. The van der Waals surface area contributed by atoms with Crippen LogP contribution in [0.15, 0.2) is 141 Å². The predicted octanol–water partition coefficient (Wildman–Crippen LogP) is 7.05. The molecule has 0 aliphatic carbocycles. The van der Waals surface area contributed by atoms with Crippen LogP contribution in [0.2, 0.25) is 0 Å². The molecule has 4 atom stereocenters. The number of ether oxygens (including phenoxy) is 2. The minimum atomic E-state index is -0.731. The number of aromatic nitrogens is 1. The van der Waals surface area contributed by atoms with Gasteiger partial charge >= 0.3 is 5.97 Å². The average Bonchev–Trinajstić information content (AvgIpc) is 3.62. The zero-order valence-electron chi connectivity index (χ0n) is 31.2. The molecule has 0 fully saturated rings. The van der Waals surface area contributed by atoms with Crippen molar-refractivity contribution in [3.05, 3.63) is 163 Å². The smallest absolute Gasteiger partial charge is 0.309 e. The number of benzene rings is 4. The maximum Gasteiger partial charge on any atom is 0.309 e. The quantitative estimate of drug-likeness (QED) is 0.0445. The van der Waals surface area contributed by atoms with Crippen LogP contribution >= 0.6 is 0 Å². The lowest BCUT2D eigenvalue weighted by atomic mass is 9.96. The number of aliphatic hydroxyl groups is 1. The molecule has 1 heterocycles. The fraction of sp³-hybridized carbons (Fsp3) is 0.283. The highest BCUT2D eigenvalue weighted by Crippen LogP contribution is 2.21. The van der Waals surface area contributed by atoms with E-state index in [1.165, 1.54) is 0 Å². The normalized spacial score (nSPS) is 13.2. The van der Waals surface area contributed by atoms with Crippen LogP contribution in [0.4, 0.5) is 0 Å². The molecule has 9 heteroatoms. The first kappa shape index (κ1) is 40.3. The minimum Gasteiger partial charge on any atom is -0.489 e. The molecule has 5 rings (SSSR count). The molecule has 286 valence electrons. The number of nitrogens with one attached hydrogen (secondary N) is 3. The monoisotopic (exact) mass is 741 g/mol. The van der Waals surface area contributed by atoms with Crippen LogP contribution < -0.4 is 15.4 Å². The average molecular weight is 742 g/mol. The third-order valence-corrected chi connectivity index (χ3v) is 9.52. The van der Waals surface area contributed by atoms with Gasteiger partial charge < -0.3 is 30.2 Å². The first-order valence-corrected chi connectivity index (χ1v) is 18.8. The summed E-state index contributed by atoms with van der Waals surface area (Å²) >= 11 is 0. The summed E-state index contributed by atoms with van der Waals surface area (Å²) in [4.78, 5) is 43.9. The van der Waals surface area contributed by atoms with Gasteiger partial charge in [-0.1, -0.05) is 103 Å². The van der Waals surface area contributed by atoms with Crippen molar-refractivity contribution in [2.24, 2.45) is 11.8 Å². The largest absolute Gasteiger partial charge is 0.489 e. The first-order valence-electron chi connectivity index (χ1n) is 18.8. The summed E-state index contributed by atoms with van der Waals surface area (Å²) in [6.45, 7) is 7.78. The van der Waals surface area contributed by atoms with Gasteiger partial charge in [0.2, 0.25) is 11.8 Å². The van der Waals surface area contributed by atoms with Gasteiger partial charge in [-0.25, -0.2) is 0 Å². The maximum absolute atomic E-state index is 13.9. The Labute approximate surface area is 323 Å². The molecule has 0 unspecified atom stereocenters. The molecule has 0 saturated carbocycles. The van der Waals surface area contributed by atoms with Gasteiger partial charge in [0, 0.05) is 23.5 Å². The molecule has 0 bridgehead atoms. The number of hydrogen-bond acceptors (Lipinski definition) is 6. The summed E-state index contributed by atoms with van der Waals surface area (Å²) in [5, 5.41) is 17.1. The Bertz CT molecular complexity index is 1980. The van der Waals surface area contributed by atoms with Crippen LogP contribution in [-0.2, 0) is 45.0 Å². The number of carbonyl (C=O) groups is 3. The lowest BCUT2D eigenvalue weighted by Gasteiger charge is -2.24. The summed E-state index contributed by atoms with van der Waals surface area (Å²) in [6.07, 6.45) is 7.11. The summed E-state index contributed by atoms with van der Waals surface area (Å²) < 4.78 is 11.8. The van der Waals surface area contributed by atoms with Crippen LogP contribution in [0.25, 0.3) is 10.9 Å². The minimum absolute atomic E-state index is 0.0534. The lowest BCUT2D eigenvalue weighted by molar-refractivity contribution is -0.149. The Morgan fingerprint density at radius 2 is 1.35 bits per heavy atom. The molecule has 5 aromatic rings. The number of para-hydroxylation sites is 1. The van der Waals surface area contributed by atoms with Crippen LogP contribution in [0.1, 0.15) is 41.5 Å². The fourth-order valence-electron chi connectivity index (χ4n) is 6.60. The molecule has 4 aromatic carbocycles. The van der Waals surface area contributed by atoms with Crippen molar-refractivity contribution >= 4 is 28.7 Å². The van der Waals surface area contributed by atoms with E-state index in [1.807, 2.05) is 115 Å². The number of aromatic amines is 1. The Morgan fingerprint density at radius 3 is 2.04 bits per heavy atom. The summed E-state index contributed by atoms with van der Waals surface area (Å²) in [7, 11) is 0. The summed E-state index contributed by atoms with van der Waals surface area (Å²) in [6, 6.07) is 33.9.